The van der Waals surface area contributed by atoms with Crippen LogP contribution in [0.4, 0.5) is 0 Å². The Morgan fingerprint density at radius 3 is 2.79 bits per heavy atom. The van der Waals surface area contributed by atoms with E-state index in [-0.39, 0.29) is 5.92 Å². The minimum Gasteiger partial charge on any atom is -0.372 e. The van der Waals surface area contributed by atoms with E-state index in [0.29, 0.717) is 18.8 Å². The summed E-state index contributed by atoms with van der Waals surface area (Å²) in [5, 5.41) is 8.81. The van der Waals surface area contributed by atoms with E-state index in [1.54, 1.807) is 6.08 Å². The summed E-state index contributed by atoms with van der Waals surface area (Å²) in [5.41, 5.74) is 0.660. The molecule has 0 aromatic carbocycles. The zero-order chi connectivity index (χ0) is 10.2. The predicted molar refractivity (Wildman–Crippen MR) is 56.5 cm³/mol. The Morgan fingerprint density at radius 2 is 2.21 bits per heavy atom. The first-order chi connectivity index (χ1) is 6.86. The highest BCUT2D eigenvalue weighted by Gasteiger charge is 2.02. The highest BCUT2D eigenvalue weighted by atomic mass is 16.5. The molecule has 0 radical (unpaired) electrons. The van der Waals surface area contributed by atoms with E-state index in [9.17, 15) is 0 Å². The summed E-state index contributed by atoms with van der Waals surface area (Å²) in [7, 11) is 0. The quantitative estimate of drug-likeness (QED) is 0.376. The van der Waals surface area contributed by atoms with Crippen molar-refractivity contribution in [1.82, 2.24) is 0 Å². The van der Waals surface area contributed by atoms with E-state index in [1.807, 2.05) is 30.4 Å². The Balaban J connectivity index is 2.45. The van der Waals surface area contributed by atoms with Crippen LogP contribution in [0.2, 0.25) is 0 Å². The zero-order valence-corrected chi connectivity index (χ0v) is 8.02. The molecule has 14 heavy (non-hydrogen) atoms. The van der Waals surface area contributed by atoms with Gasteiger partial charge in [0.2, 0.25) is 0 Å². The third-order valence-corrected chi connectivity index (χ3v) is 1.81. The van der Waals surface area contributed by atoms with Crippen LogP contribution in [0.1, 0.15) is 0 Å². The second-order valence-corrected chi connectivity index (χ2v) is 2.95. The molecule has 1 aliphatic carbocycles. The van der Waals surface area contributed by atoms with Crippen molar-refractivity contribution in [2.45, 2.75) is 0 Å². The van der Waals surface area contributed by atoms with Crippen LogP contribution in [0.5, 0.6) is 0 Å². The molecule has 2 heteroatoms. The molecule has 0 saturated carbocycles. The summed E-state index contributed by atoms with van der Waals surface area (Å²) >= 11 is 0. The van der Waals surface area contributed by atoms with Crippen LogP contribution in [-0.4, -0.2) is 13.2 Å². The number of hydrogen-bond acceptors (Lipinski definition) is 2. The molecule has 0 unspecified atom stereocenters. The lowest BCUT2D eigenvalue weighted by Crippen LogP contribution is -1.98. The number of nitriles is 1. The topological polar surface area (TPSA) is 33.0 Å². The zero-order valence-electron chi connectivity index (χ0n) is 8.02. The van der Waals surface area contributed by atoms with E-state index in [1.165, 1.54) is 0 Å². The van der Waals surface area contributed by atoms with Crippen LogP contribution in [0, 0.1) is 17.2 Å². The minimum atomic E-state index is 0.247. The van der Waals surface area contributed by atoms with Gasteiger partial charge in [0.1, 0.15) is 0 Å². The summed E-state index contributed by atoms with van der Waals surface area (Å²) < 4.78 is 5.19. The lowest BCUT2D eigenvalue weighted by atomic mass is 10.1. The van der Waals surface area contributed by atoms with Crippen LogP contribution in [-0.2, 0) is 4.74 Å². The lowest BCUT2D eigenvalue weighted by molar-refractivity contribution is 0.189. The SMILES string of the molecule is C=CCOC/C(C#N)=C/C1C=CC=C1. The van der Waals surface area contributed by atoms with Crippen LogP contribution >= 0.6 is 0 Å². The third kappa shape index (κ3) is 3.42. The van der Waals surface area contributed by atoms with E-state index < -0.39 is 0 Å². The van der Waals surface area contributed by atoms with Gasteiger partial charge in [-0.1, -0.05) is 36.5 Å². The summed E-state index contributed by atoms with van der Waals surface area (Å²) in [6.07, 6.45) is 11.6. The summed E-state index contributed by atoms with van der Waals surface area (Å²) in [6.45, 7) is 4.38. The Hall–Kier alpha value is -1.59. The number of hydrogen-bond donors (Lipinski definition) is 0. The molecule has 0 aromatic rings. The fourth-order valence-electron chi connectivity index (χ4n) is 1.16. The van der Waals surface area contributed by atoms with E-state index >= 15 is 0 Å². The van der Waals surface area contributed by atoms with Crippen molar-refractivity contribution < 1.29 is 4.74 Å². The van der Waals surface area contributed by atoms with E-state index in [2.05, 4.69) is 12.6 Å². The van der Waals surface area contributed by atoms with Gasteiger partial charge in [0, 0.05) is 5.92 Å². The minimum absolute atomic E-state index is 0.247. The second kappa shape index (κ2) is 5.95. The molecular formula is C12H13NO. The first kappa shape index (κ1) is 10.5. The highest BCUT2D eigenvalue weighted by Crippen LogP contribution is 2.12. The van der Waals surface area contributed by atoms with Crippen molar-refractivity contribution in [2.75, 3.05) is 13.2 Å². The maximum atomic E-state index is 8.81. The first-order valence-corrected chi connectivity index (χ1v) is 4.51. The fourth-order valence-corrected chi connectivity index (χ4v) is 1.16. The van der Waals surface area contributed by atoms with Crippen LogP contribution in [0.15, 0.2) is 48.6 Å². The normalized spacial score (nSPS) is 15.8. The molecule has 0 saturated heterocycles. The molecule has 0 N–H and O–H groups in total. The molecule has 0 fully saturated rings. The number of ether oxygens (including phenoxy) is 1. The Labute approximate surface area is 84.5 Å². The van der Waals surface area contributed by atoms with Crippen molar-refractivity contribution in [3.8, 4) is 6.07 Å². The highest BCUT2D eigenvalue weighted by molar-refractivity contribution is 5.30. The van der Waals surface area contributed by atoms with Crippen molar-refractivity contribution in [3.63, 3.8) is 0 Å². The predicted octanol–water partition coefficient (Wildman–Crippen LogP) is 2.38. The molecule has 0 aliphatic heterocycles. The monoisotopic (exact) mass is 187 g/mol. The molecule has 0 aromatic heterocycles. The molecule has 72 valence electrons. The third-order valence-electron chi connectivity index (χ3n) is 1.81. The van der Waals surface area contributed by atoms with Gasteiger partial charge in [0.05, 0.1) is 24.9 Å². The molecule has 0 bridgehead atoms. The van der Waals surface area contributed by atoms with Crippen molar-refractivity contribution in [1.29, 1.82) is 5.26 Å². The van der Waals surface area contributed by atoms with Gasteiger partial charge in [0.25, 0.3) is 0 Å². The maximum Gasteiger partial charge on any atom is 0.0968 e. The van der Waals surface area contributed by atoms with Crippen LogP contribution in [0.3, 0.4) is 0 Å². The van der Waals surface area contributed by atoms with Gasteiger partial charge in [0.15, 0.2) is 0 Å². The second-order valence-electron chi connectivity index (χ2n) is 2.95. The van der Waals surface area contributed by atoms with Crippen LogP contribution < -0.4 is 0 Å². The molecule has 0 atom stereocenters. The average molecular weight is 187 g/mol. The van der Waals surface area contributed by atoms with Gasteiger partial charge in [-0.25, -0.2) is 0 Å². The molecule has 0 spiro atoms. The van der Waals surface area contributed by atoms with Crippen molar-refractivity contribution in [3.05, 3.63) is 48.6 Å². The van der Waals surface area contributed by atoms with Gasteiger partial charge in [-0.3, -0.25) is 0 Å². The largest absolute Gasteiger partial charge is 0.372 e. The van der Waals surface area contributed by atoms with Crippen molar-refractivity contribution in [2.24, 2.45) is 5.92 Å². The van der Waals surface area contributed by atoms with Gasteiger partial charge < -0.3 is 4.74 Å². The lowest BCUT2D eigenvalue weighted by Gasteiger charge is -2.01. The Bertz CT molecular complexity index is 306. The number of rotatable bonds is 5. The molecular weight excluding hydrogens is 174 g/mol. The average Bonchev–Trinajstić information content (AvgIpc) is 2.69. The van der Waals surface area contributed by atoms with Gasteiger partial charge in [-0.2, -0.15) is 5.26 Å². The van der Waals surface area contributed by atoms with Crippen LogP contribution in [0.25, 0.3) is 0 Å². The summed E-state index contributed by atoms with van der Waals surface area (Å²) in [6, 6.07) is 2.12. The Kier molecular flexibility index (Phi) is 4.46. The summed E-state index contributed by atoms with van der Waals surface area (Å²) in [4.78, 5) is 0. The molecule has 0 heterocycles. The molecule has 1 rings (SSSR count). The van der Waals surface area contributed by atoms with Gasteiger partial charge in [-0.05, 0) is 0 Å². The van der Waals surface area contributed by atoms with Gasteiger partial charge in [-0.15, -0.1) is 6.58 Å². The molecule has 0 amide bonds. The summed E-state index contributed by atoms with van der Waals surface area (Å²) in [5.74, 6) is 0.247. The Morgan fingerprint density at radius 1 is 1.50 bits per heavy atom. The van der Waals surface area contributed by atoms with E-state index in [4.69, 9.17) is 10.00 Å². The first-order valence-electron chi connectivity index (χ1n) is 4.51. The van der Waals surface area contributed by atoms with Crippen molar-refractivity contribution >= 4 is 0 Å². The molecule has 2 nitrogen and oxygen atoms in total. The fraction of sp³-hybridized carbons (Fsp3) is 0.250. The number of nitrogens with zero attached hydrogens (tertiary/aromatic N) is 1. The van der Waals surface area contributed by atoms with Gasteiger partial charge >= 0.3 is 0 Å². The smallest absolute Gasteiger partial charge is 0.0968 e. The number of allylic oxidation sites excluding steroid dienone is 5. The standard InChI is InChI=1S/C12H13NO/c1-2-7-14-10-12(9-13)8-11-5-3-4-6-11/h2-6,8,11H,1,7,10H2/b12-8+. The van der Waals surface area contributed by atoms with E-state index in [0.717, 1.165) is 0 Å². The maximum absolute atomic E-state index is 8.81. The molecule has 1 aliphatic rings.